The number of ether oxygens (including phenoxy) is 1. The molecule has 1 heterocycles. The summed E-state index contributed by atoms with van der Waals surface area (Å²) in [6.07, 6.45) is 0.150. The van der Waals surface area contributed by atoms with E-state index in [4.69, 9.17) is 16.3 Å². The fourth-order valence-corrected chi connectivity index (χ4v) is 2.80. The maximum absolute atomic E-state index is 12.3. The number of hydrogen-bond acceptors (Lipinski definition) is 3. The third kappa shape index (κ3) is 3.37. The van der Waals surface area contributed by atoms with Crippen LogP contribution in [0.1, 0.15) is 12.0 Å². The number of carbonyl (C=O) groups excluding carboxylic acids is 2. The first-order valence-corrected chi connectivity index (χ1v) is 7.75. The molecule has 5 heteroatoms. The van der Waals surface area contributed by atoms with Crippen LogP contribution in [-0.4, -0.2) is 18.4 Å². The molecule has 1 fully saturated rings. The van der Waals surface area contributed by atoms with Crippen LogP contribution < -0.4 is 9.64 Å². The highest BCUT2D eigenvalue weighted by Crippen LogP contribution is 2.29. The lowest BCUT2D eigenvalue weighted by molar-refractivity contribution is -0.139. The minimum atomic E-state index is -0.487. The van der Waals surface area contributed by atoms with Gasteiger partial charge in [0.1, 0.15) is 5.75 Å². The van der Waals surface area contributed by atoms with Gasteiger partial charge in [0.2, 0.25) is 5.91 Å². The molecule has 0 spiro atoms. The number of esters is 1. The Bertz CT molecular complexity index is 759. The van der Waals surface area contributed by atoms with E-state index in [2.05, 4.69) is 0 Å². The Morgan fingerprint density at radius 1 is 1.22 bits per heavy atom. The van der Waals surface area contributed by atoms with Gasteiger partial charge in [-0.05, 0) is 36.8 Å². The molecule has 4 nitrogen and oxygen atoms in total. The quantitative estimate of drug-likeness (QED) is 0.638. The van der Waals surface area contributed by atoms with E-state index in [1.165, 1.54) is 0 Å². The van der Waals surface area contributed by atoms with E-state index in [1.54, 1.807) is 29.2 Å². The first-order valence-electron chi connectivity index (χ1n) is 7.38. The van der Waals surface area contributed by atoms with Gasteiger partial charge in [0.05, 0.1) is 10.9 Å². The lowest BCUT2D eigenvalue weighted by Gasteiger charge is -2.17. The van der Waals surface area contributed by atoms with Crippen molar-refractivity contribution in [1.82, 2.24) is 0 Å². The lowest BCUT2D eigenvalue weighted by Crippen LogP contribution is -2.27. The molecular formula is C18H16ClNO3. The van der Waals surface area contributed by atoms with Crippen molar-refractivity contribution in [3.63, 3.8) is 0 Å². The van der Waals surface area contributed by atoms with Gasteiger partial charge in [-0.2, -0.15) is 0 Å². The Hall–Kier alpha value is -2.33. The second-order valence-corrected chi connectivity index (χ2v) is 6.00. The van der Waals surface area contributed by atoms with Crippen LogP contribution in [0.5, 0.6) is 5.75 Å². The Kier molecular flexibility index (Phi) is 4.35. The van der Waals surface area contributed by atoms with Gasteiger partial charge >= 0.3 is 5.97 Å². The molecule has 118 valence electrons. The molecule has 0 saturated carbocycles. The first kappa shape index (κ1) is 15.6. The van der Waals surface area contributed by atoms with E-state index >= 15 is 0 Å². The molecule has 1 atom stereocenters. The largest absolute Gasteiger partial charge is 0.425 e. The maximum atomic E-state index is 12.3. The van der Waals surface area contributed by atoms with Gasteiger partial charge in [-0.1, -0.05) is 35.9 Å². The van der Waals surface area contributed by atoms with Crippen LogP contribution in [0.4, 0.5) is 5.69 Å². The molecular weight excluding hydrogens is 314 g/mol. The summed E-state index contributed by atoms with van der Waals surface area (Å²) in [6, 6.07) is 14.5. The fourth-order valence-electron chi connectivity index (χ4n) is 2.63. The Balaban J connectivity index is 1.72. The number of amides is 1. The molecule has 1 aliphatic heterocycles. The number of aryl methyl sites for hydroxylation is 1. The zero-order valence-corrected chi connectivity index (χ0v) is 13.4. The minimum absolute atomic E-state index is 0.0725. The van der Waals surface area contributed by atoms with Crippen molar-refractivity contribution in [3.8, 4) is 5.75 Å². The minimum Gasteiger partial charge on any atom is -0.425 e. The summed E-state index contributed by atoms with van der Waals surface area (Å²) >= 11 is 5.99. The average molecular weight is 330 g/mol. The number of hydrogen-bond donors (Lipinski definition) is 0. The van der Waals surface area contributed by atoms with Crippen LogP contribution in [0.3, 0.4) is 0 Å². The molecule has 1 amide bonds. The van der Waals surface area contributed by atoms with Gasteiger partial charge in [0, 0.05) is 18.7 Å². The summed E-state index contributed by atoms with van der Waals surface area (Å²) in [5, 5.41) is 0.376. The van der Waals surface area contributed by atoms with Crippen LogP contribution in [0.15, 0.2) is 48.5 Å². The second-order valence-electron chi connectivity index (χ2n) is 5.60. The van der Waals surface area contributed by atoms with E-state index < -0.39 is 11.9 Å². The van der Waals surface area contributed by atoms with Crippen LogP contribution in [0, 0.1) is 12.8 Å². The van der Waals surface area contributed by atoms with Gasteiger partial charge in [0.15, 0.2) is 0 Å². The standard InChI is InChI=1S/C18H16ClNO3/c1-12-5-4-6-14(9-12)20-11-13(10-17(20)21)18(22)23-16-8-3-2-7-15(16)19/h2-9,13H,10-11H2,1H3/t13-/m1/s1. The van der Waals surface area contributed by atoms with Crippen molar-refractivity contribution in [1.29, 1.82) is 0 Å². The summed E-state index contributed by atoms with van der Waals surface area (Å²) in [4.78, 5) is 26.1. The second kappa shape index (κ2) is 6.42. The Morgan fingerprint density at radius 2 is 2.00 bits per heavy atom. The fraction of sp³-hybridized carbons (Fsp3) is 0.222. The van der Waals surface area contributed by atoms with Crippen LogP contribution in [-0.2, 0) is 9.59 Å². The van der Waals surface area contributed by atoms with Gasteiger partial charge < -0.3 is 9.64 Å². The number of anilines is 1. The summed E-state index contributed by atoms with van der Waals surface area (Å²) in [7, 11) is 0. The lowest BCUT2D eigenvalue weighted by atomic mass is 10.1. The highest BCUT2D eigenvalue weighted by atomic mass is 35.5. The van der Waals surface area contributed by atoms with Gasteiger partial charge in [0.25, 0.3) is 0 Å². The zero-order valence-electron chi connectivity index (χ0n) is 12.7. The van der Waals surface area contributed by atoms with Crippen LogP contribution in [0.2, 0.25) is 5.02 Å². The summed E-state index contributed by atoms with van der Waals surface area (Å²) < 4.78 is 5.34. The highest BCUT2D eigenvalue weighted by molar-refractivity contribution is 6.32. The van der Waals surface area contributed by atoms with Crippen molar-refractivity contribution < 1.29 is 14.3 Å². The molecule has 0 aromatic heterocycles. The number of benzene rings is 2. The van der Waals surface area contributed by atoms with Crippen molar-refractivity contribution in [2.75, 3.05) is 11.4 Å². The van der Waals surface area contributed by atoms with Crippen molar-refractivity contribution in [2.24, 2.45) is 5.92 Å². The number of nitrogens with zero attached hydrogens (tertiary/aromatic N) is 1. The molecule has 1 aliphatic rings. The third-order valence-electron chi connectivity index (χ3n) is 3.82. The van der Waals surface area contributed by atoms with Crippen molar-refractivity contribution >= 4 is 29.2 Å². The number of carbonyl (C=O) groups is 2. The van der Waals surface area contributed by atoms with Gasteiger partial charge in [-0.3, -0.25) is 9.59 Å². The summed E-state index contributed by atoms with van der Waals surface area (Å²) in [5.74, 6) is -0.668. The Labute approximate surface area is 139 Å². The highest BCUT2D eigenvalue weighted by Gasteiger charge is 2.36. The summed E-state index contributed by atoms with van der Waals surface area (Å²) in [5.41, 5.74) is 1.88. The molecule has 1 saturated heterocycles. The van der Waals surface area contributed by atoms with E-state index in [9.17, 15) is 9.59 Å². The number of halogens is 1. The zero-order chi connectivity index (χ0) is 16.4. The topological polar surface area (TPSA) is 46.6 Å². The maximum Gasteiger partial charge on any atom is 0.316 e. The number of rotatable bonds is 3. The van der Waals surface area contributed by atoms with Crippen molar-refractivity contribution in [2.45, 2.75) is 13.3 Å². The van der Waals surface area contributed by atoms with E-state index in [1.807, 2.05) is 31.2 Å². The summed E-state index contributed by atoms with van der Waals surface area (Å²) in [6.45, 7) is 2.29. The van der Waals surface area contributed by atoms with E-state index in [-0.39, 0.29) is 12.3 Å². The molecule has 0 unspecified atom stereocenters. The molecule has 23 heavy (non-hydrogen) atoms. The smallest absolute Gasteiger partial charge is 0.316 e. The first-order chi connectivity index (χ1) is 11.0. The van der Waals surface area contributed by atoms with Crippen LogP contribution >= 0.6 is 11.6 Å². The Morgan fingerprint density at radius 3 is 2.74 bits per heavy atom. The van der Waals surface area contributed by atoms with E-state index in [0.29, 0.717) is 17.3 Å². The third-order valence-corrected chi connectivity index (χ3v) is 4.13. The SMILES string of the molecule is Cc1cccc(N2C[C@H](C(=O)Oc3ccccc3Cl)CC2=O)c1. The number of para-hydroxylation sites is 1. The predicted octanol–water partition coefficient (Wildman–Crippen LogP) is 3.61. The molecule has 0 N–H and O–H groups in total. The van der Waals surface area contributed by atoms with Crippen LogP contribution in [0.25, 0.3) is 0 Å². The monoisotopic (exact) mass is 329 g/mol. The molecule has 0 bridgehead atoms. The molecule has 2 aromatic rings. The van der Waals surface area contributed by atoms with E-state index in [0.717, 1.165) is 11.3 Å². The van der Waals surface area contributed by atoms with Gasteiger partial charge in [-0.25, -0.2) is 0 Å². The van der Waals surface area contributed by atoms with Gasteiger partial charge in [-0.15, -0.1) is 0 Å². The van der Waals surface area contributed by atoms with Crippen molar-refractivity contribution in [3.05, 3.63) is 59.1 Å². The average Bonchev–Trinajstić information content (AvgIpc) is 2.92. The molecule has 0 aliphatic carbocycles. The molecule has 0 radical (unpaired) electrons. The normalized spacial score (nSPS) is 17.4. The molecule has 3 rings (SSSR count). The molecule has 2 aromatic carbocycles. The predicted molar refractivity (Wildman–Crippen MR) is 88.7 cm³/mol.